The van der Waals surface area contributed by atoms with Crippen molar-refractivity contribution in [2.75, 3.05) is 6.54 Å². The van der Waals surface area contributed by atoms with Crippen LogP contribution in [0.1, 0.15) is 23.2 Å². The van der Waals surface area contributed by atoms with Crippen molar-refractivity contribution in [3.05, 3.63) is 88.7 Å². The summed E-state index contributed by atoms with van der Waals surface area (Å²) < 4.78 is 16.1. The lowest BCUT2D eigenvalue weighted by Crippen LogP contribution is -2.38. The lowest BCUT2D eigenvalue weighted by Gasteiger charge is -2.18. The molecule has 1 fully saturated rings. The Hall–Kier alpha value is -2.70. The maximum absolute atomic E-state index is 14.0. The van der Waals surface area contributed by atoms with Crippen LogP contribution in [-0.2, 0) is 24.4 Å². The van der Waals surface area contributed by atoms with Gasteiger partial charge in [0.25, 0.3) is 0 Å². The molecule has 0 aliphatic carbocycles. The Bertz CT molecular complexity index is 991. The Balaban J connectivity index is 1.35. The molecular formula is C22H22ClFN4O. The zero-order valence-corrected chi connectivity index (χ0v) is 16.6. The lowest BCUT2D eigenvalue weighted by atomic mass is 10.2. The van der Waals surface area contributed by atoms with E-state index in [1.54, 1.807) is 17.3 Å². The quantitative estimate of drug-likeness (QED) is 0.645. The maximum atomic E-state index is 14.0. The van der Waals surface area contributed by atoms with Crippen LogP contribution in [0.5, 0.6) is 0 Å². The minimum atomic E-state index is -0.344. The molecule has 1 aromatic heterocycles. The minimum absolute atomic E-state index is 0.0153. The summed E-state index contributed by atoms with van der Waals surface area (Å²) in [5.74, 6) is -0.359. The summed E-state index contributed by atoms with van der Waals surface area (Å²) in [6.45, 7) is 2.10. The van der Waals surface area contributed by atoms with Crippen molar-refractivity contribution in [3.63, 3.8) is 0 Å². The molecule has 0 spiro atoms. The molecule has 1 aliphatic heterocycles. The van der Waals surface area contributed by atoms with E-state index in [0.29, 0.717) is 30.1 Å². The van der Waals surface area contributed by atoms with Crippen LogP contribution >= 0.6 is 11.6 Å². The first-order valence-electron chi connectivity index (χ1n) is 9.59. The second kappa shape index (κ2) is 8.76. The van der Waals surface area contributed by atoms with Crippen molar-refractivity contribution < 1.29 is 9.18 Å². The largest absolute Gasteiger partial charge is 0.337 e. The molecule has 1 aliphatic rings. The van der Waals surface area contributed by atoms with E-state index in [9.17, 15) is 9.18 Å². The van der Waals surface area contributed by atoms with E-state index in [1.807, 2.05) is 24.4 Å². The molecule has 150 valence electrons. The number of benzene rings is 2. The van der Waals surface area contributed by atoms with Crippen LogP contribution < -0.4 is 5.32 Å². The van der Waals surface area contributed by atoms with Crippen molar-refractivity contribution >= 4 is 17.5 Å². The molecule has 3 aromatic rings. The predicted octanol–water partition coefficient (Wildman–Crippen LogP) is 3.61. The van der Waals surface area contributed by atoms with Crippen LogP contribution in [0.15, 0.2) is 61.1 Å². The van der Waals surface area contributed by atoms with Crippen molar-refractivity contribution in [3.8, 4) is 0 Å². The highest BCUT2D eigenvalue weighted by molar-refractivity contribution is 6.30. The van der Waals surface area contributed by atoms with Crippen LogP contribution in [0.3, 0.4) is 0 Å². The molecule has 1 saturated heterocycles. The fraction of sp³-hybridized carbons (Fsp3) is 0.273. The number of nitrogens with zero attached hydrogens (tertiary/aromatic N) is 3. The van der Waals surface area contributed by atoms with E-state index < -0.39 is 0 Å². The molecule has 0 saturated carbocycles. The normalized spacial score (nSPS) is 16.6. The number of halogens is 2. The Labute approximate surface area is 174 Å². The van der Waals surface area contributed by atoms with Crippen molar-refractivity contribution in [2.45, 2.75) is 32.1 Å². The highest BCUT2D eigenvalue weighted by Gasteiger charge is 2.31. The second-order valence-electron chi connectivity index (χ2n) is 7.22. The SMILES string of the molecule is O=C1[C@@H](NCc2cncn2Cc2ccccc2)CCN1Cc1cc(Cl)ccc1F. The van der Waals surface area contributed by atoms with Crippen LogP contribution in [0.4, 0.5) is 4.39 Å². The number of imidazole rings is 1. The average Bonchev–Trinajstić information content (AvgIpc) is 3.30. The summed E-state index contributed by atoms with van der Waals surface area (Å²) in [7, 11) is 0. The third kappa shape index (κ3) is 4.66. The molecule has 1 atom stereocenters. The summed E-state index contributed by atoms with van der Waals surface area (Å²) in [5.41, 5.74) is 2.65. The zero-order chi connectivity index (χ0) is 20.2. The number of carbonyl (C=O) groups is 1. The Morgan fingerprint density at radius 1 is 1.17 bits per heavy atom. The number of carbonyl (C=O) groups excluding carboxylic acids is 1. The van der Waals surface area contributed by atoms with Gasteiger partial charge in [0.05, 0.1) is 18.1 Å². The third-order valence-electron chi connectivity index (χ3n) is 5.19. The standard InChI is InChI=1S/C22H22ClFN4O/c23-18-6-7-20(24)17(10-18)14-27-9-8-21(22(27)29)26-12-19-11-25-15-28(19)13-16-4-2-1-3-5-16/h1-7,10-11,15,21,26H,8-9,12-14H2/t21-/m0/s1. The number of hydrogen-bond donors (Lipinski definition) is 1. The van der Waals surface area contributed by atoms with Crippen LogP contribution in [0.2, 0.25) is 5.02 Å². The average molecular weight is 413 g/mol. The number of aromatic nitrogens is 2. The summed E-state index contributed by atoms with van der Waals surface area (Å²) in [5, 5.41) is 3.80. The van der Waals surface area contributed by atoms with Crippen LogP contribution in [0, 0.1) is 5.82 Å². The molecular weight excluding hydrogens is 391 g/mol. The monoisotopic (exact) mass is 412 g/mol. The van der Waals surface area contributed by atoms with Gasteiger partial charge in [-0.25, -0.2) is 9.37 Å². The Kier molecular flexibility index (Phi) is 5.92. The van der Waals surface area contributed by atoms with E-state index >= 15 is 0 Å². The topological polar surface area (TPSA) is 50.2 Å². The first-order valence-corrected chi connectivity index (χ1v) is 9.97. The van der Waals surface area contributed by atoms with Crippen LogP contribution in [-0.4, -0.2) is 32.9 Å². The first kappa shape index (κ1) is 19.6. The molecule has 2 aromatic carbocycles. The number of nitrogens with one attached hydrogen (secondary N) is 1. The van der Waals surface area contributed by atoms with Gasteiger partial charge in [-0.2, -0.15) is 0 Å². The van der Waals surface area contributed by atoms with Crippen molar-refractivity contribution in [1.82, 2.24) is 19.8 Å². The van der Waals surface area contributed by atoms with Gasteiger partial charge in [-0.05, 0) is 30.2 Å². The lowest BCUT2D eigenvalue weighted by molar-refractivity contribution is -0.130. The molecule has 2 heterocycles. The molecule has 4 rings (SSSR count). The van der Waals surface area contributed by atoms with Gasteiger partial charge in [-0.15, -0.1) is 0 Å². The van der Waals surface area contributed by atoms with Crippen molar-refractivity contribution in [2.24, 2.45) is 0 Å². The van der Waals surface area contributed by atoms with E-state index in [4.69, 9.17) is 11.6 Å². The van der Waals surface area contributed by atoms with E-state index in [0.717, 1.165) is 12.2 Å². The highest BCUT2D eigenvalue weighted by atomic mass is 35.5. The molecule has 0 bridgehead atoms. The number of amides is 1. The van der Waals surface area contributed by atoms with Crippen LogP contribution in [0.25, 0.3) is 0 Å². The summed E-state index contributed by atoms with van der Waals surface area (Å²) in [6.07, 6.45) is 4.30. The van der Waals surface area contributed by atoms with E-state index in [2.05, 4.69) is 27.0 Å². The molecule has 0 unspecified atom stereocenters. The molecule has 7 heteroatoms. The van der Waals surface area contributed by atoms with Gasteiger partial charge in [0.15, 0.2) is 0 Å². The van der Waals surface area contributed by atoms with Gasteiger partial charge in [0.1, 0.15) is 5.82 Å². The van der Waals surface area contributed by atoms with Gasteiger partial charge in [-0.3, -0.25) is 4.79 Å². The number of likely N-dealkylation sites (tertiary alicyclic amines) is 1. The van der Waals surface area contributed by atoms with Gasteiger partial charge in [0, 0.05) is 43.0 Å². The predicted molar refractivity (Wildman–Crippen MR) is 110 cm³/mol. The summed E-state index contributed by atoms with van der Waals surface area (Å²) in [6, 6.07) is 14.3. The smallest absolute Gasteiger partial charge is 0.240 e. The first-order chi connectivity index (χ1) is 14.1. The zero-order valence-electron chi connectivity index (χ0n) is 15.9. The summed E-state index contributed by atoms with van der Waals surface area (Å²) in [4.78, 5) is 18.6. The van der Waals surface area contributed by atoms with Crippen molar-refractivity contribution in [1.29, 1.82) is 0 Å². The third-order valence-corrected chi connectivity index (χ3v) is 5.43. The minimum Gasteiger partial charge on any atom is -0.337 e. The van der Waals surface area contributed by atoms with E-state index in [1.165, 1.54) is 17.7 Å². The van der Waals surface area contributed by atoms with Gasteiger partial charge >= 0.3 is 0 Å². The maximum Gasteiger partial charge on any atom is 0.240 e. The Morgan fingerprint density at radius 3 is 2.83 bits per heavy atom. The molecule has 0 radical (unpaired) electrons. The van der Waals surface area contributed by atoms with E-state index in [-0.39, 0.29) is 24.3 Å². The molecule has 5 nitrogen and oxygen atoms in total. The fourth-order valence-corrected chi connectivity index (χ4v) is 3.80. The highest BCUT2D eigenvalue weighted by Crippen LogP contribution is 2.20. The number of hydrogen-bond acceptors (Lipinski definition) is 3. The molecule has 1 N–H and O–H groups in total. The second-order valence-corrected chi connectivity index (χ2v) is 7.65. The summed E-state index contributed by atoms with van der Waals surface area (Å²) >= 11 is 5.96. The molecule has 1 amide bonds. The Morgan fingerprint density at radius 2 is 2.00 bits per heavy atom. The molecule has 29 heavy (non-hydrogen) atoms. The fourth-order valence-electron chi connectivity index (χ4n) is 3.60. The van der Waals surface area contributed by atoms with Gasteiger partial charge in [0.2, 0.25) is 5.91 Å². The van der Waals surface area contributed by atoms with Gasteiger partial charge < -0.3 is 14.8 Å². The van der Waals surface area contributed by atoms with Gasteiger partial charge in [-0.1, -0.05) is 41.9 Å². The number of rotatable bonds is 7.